The molecule has 1 atom stereocenters. The van der Waals surface area contributed by atoms with Crippen LogP contribution in [-0.2, 0) is 0 Å². The Morgan fingerprint density at radius 1 is 1.20 bits per heavy atom. The smallest absolute Gasteiger partial charge is 0.324 e. The summed E-state index contributed by atoms with van der Waals surface area (Å²) in [5.41, 5.74) is 6.52. The maximum absolute atomic E-state index is 12.6. The average molecular weight is 358 g/mol. The fourth-order valence-electron chi connectivity index (χ4n) is 2.84. The molecule has 25 heavy (non-hydrogen) atoms. The molecule has 1 aromatic heterocycles. The molecule has 0 bridgehead atoms. The molecule has 1 aromatic carbocycles. The van der Waals surface area contributed by atoms with Crippen molar-refractivity contribution in [2.75, 3.05) is 30.3 Å². The van der Waals surface area contributed by atoms with E-state index in [1.54, 1.807) is 12.1 Å². The highest BCUT2D eigenvalue weighted by Crippen LogP contribution is 2.31. The third kappa shape index (κ3) is 4.18. The quantitative estimate of drug-likeness (QED) is 0.784. The normalized spacial score (nSPS) is 19.7. The second kappa shape index (κ2) is 7.25. The zero-order valence-corrected chi connectivity index (χ0v) is 14.9. The first-order chi connectivity index (χ1) is 12.0. The summed E-state index contributed by atoms with van der Waals surface area (Å²) in [4.78, 5) is 27.1. The molecule has 1 unspecified atom stereocenters. The molecule has 6 nitrogen and oxygen atoms in total. The van der Waals surface area contributed by atoms with Gasteiger partial charge in [0.25, 0.3) is 5.91 Å². The van der Waals surface area contributed by atoms with E-state index in [-0.39, 0.29) is 17.4 Å². The molecular weight excluding hydrogens is 336 g/mol. The van der Waals surface area contributed by atoms with Crippen molar-refractivity contribution in [3.63, 3.8) is 0 Å². The van der Waals surface area contributed by atoms with Gasteiger partial charge < -0.3 is 16.0 Å². The van der Waals surface area contributed by atoms with Gasteiger partial charge in [0.2, 0.25) is 0 Å². The monoisotopic (exact) mass is 358 g/mol. The molecule has 0 aliphatic carbocycles. The zero-order chi connectivity index (χ0) is 17.9. The van der Waals surface area contributed by atoms with Crippen molar-refractivity contribution in [2.45, 2.75) is 13.3 Å². The molecule has 1 aliphatic heterocycles. The zero-order valence-electron chi connectivity index (χ0n) is 14.1. The molecule has 1 saturated heterocycles. The Hall–Kier alpha value is -2.38. The molecule has 132 valence electrons. The van der Waals surface area contributed by atoms with Crippen LogP contribution in [0.2, 0.25) is 0 Å². The Morgan fingerprint density at radius 3 is 2.64 bits per heavy atom. The summed E-state index contributed by atoms with van der Waals surface area (Å²) in [6.45, 7) is 4.09. The summed E-state index contributed by atoms with van der Waals surface area (Å²) in [7, 11) is 0. The molecule has 1 aliphatic rings. The minimum absolute atomic E-state index is 0.00121. The van der Waals surface area contributed by atoms with E-state index in [1.165, 1.54) is 11.3 Å². The second-order valence-electron chi connectivity index (χ2n) is 6.60. The molecule has 0 radical (unpaired) electrons. The van der Waals surface area contributed by atoms with Crippen molar-refractivity contribution < 1.29 is 9.59 Å². The maximum Gasteiger partial charge on any atom is 0.324 e. The number of benzene rings is 1. The molecule has 2 heterocycles. The van der Waals surface area contributed by atoms with Crippen LogP contribution in [0.1, 0.15) is 23.0 Å². The van der Waals surface area contributed by atoms with Crippen LogP contribution in [0.4, 0.5) is 15.5 Å². The van der Waals surface area contributed by atoms with E-state index in [4.69, 9.17) is 5.73 Å². The number of anilines is 2. The highest BCUT2D eigenvalue weighted by molar-refractivity contribution is 7.18. The van der Waals surface area contributed by atoms with Gasteiger partial charge in [-0.3, -0.25) is 10.1 Å². The second-order valence-corrected chi connectivity index (χ2v) is 7.68. The van der Waals surface area contributed by atoms with E-state index < -0.39 is 0 Å². The first-order valence-corrected chi connectivity index (χ1v) is 9.03. The number of hydrogen-bond acceptors (Lipinski definition) is 4. The number of thiophene rings is 1. The van der Waals surface area contributed by atoms with Crippen LogP contribution in [-0.4, -0.2) is 36.5 Å². The van der Waals surface area contributed by atoms with Crippen molar-refractivity contribution in [2.24, 2.45) is 11.1 Å². The fourth-order valence-corrected chi connectivity index (χ4v) is 3.70. The predicted molar refractivity (Wildman–Crippen MR) is 101 cm³/mol. The first kappa shape index (κ1) is 17.4. The summed E-state index contributed by atoms with van der Waals surface area (Å²) in [5.74, 6) is -0.00121. The molecule has 0 spiro atoms. The Bertz CT molecular complexity index is 761. The summed E-state index contributed by atoms with van der Waals surface area (Å²) >= 11 is 1.28. The molecule has 1 fully saturated rings. The molecule has 0 saturated carbocycles. The van der Waals surface area contributed by atoms with Crippen LogP contribution in [0, 0.1) is 5.41 Å². The van der Waals surface area contributed by atoms with E-state index in [2.05, 4.69) is 17.6 Å². The minimum Gasteiger partial charge on any atom is -0.337 e. The number of hydrogen-bond donors (Lipinski definition) is 3. The number of carbonyl (C=O) groups excluding carboxylic acids is 2. The van der Waals surface area contributed by atoms with Crippen LogP contribution >= 0.6 is 11.3 Å². The highest BCUT2D eigenvalue weighted by Gasteiger charge is 2.35. The number of carbonyl (C=O) groups is 2. The van der Waals surface area contributed by atoms with Gasteiger partial charge in [0.1, 0.15) is 0 Å². The van der Waals surface area contributed by atoms with Crippen LogP contribution in [0.5, 0.6) is 0 Å². The Balaban J connectivity index is 1.59. The average Bonchev–Trinajstić information content (AvgIpc) is 3.23. The van der Waals surface area contributed by atoms with E-state index >= 15 is 0 Å². The molecular formula is C18H22N4O2S. The van der Waals surface area contributed by atoms with Crippen LogP contribution in [0.3, 0.4) is 0 Å². The number of amides is 3. The largest absolute Gasteiger partial charge is 0.337 e. The van der Waals surface area contributed by atoms with Gasteiger partial charge in [-0.2, -0.15) is 0 Å². The van der Waals surface area contributed by atoms with Crippen molar-refractivity contribution in [1.82, 2.24) is 4.90 Å². The van der Waals surface area contributed by atoms with Gasteiger partial charge in [-0.05, 0) is 42.6 Å². The molecule has 4 N–H and O–H groups in total. The Morgan fingerprint density at radius 2 is 1.96 bits per heavy atom. The van der Waals surface area contributed by atoms with Gasteiger partial charge in [0.15, 0.2) is 0 Å². The molecule has 3 amide bonds. The Labute approximate surface area is 151 Å². The molecule has 2 aromatic rings. The van der Waals surface area contributed by atoms with Gasteiger partial charge >= 0.3 is 6.03 Å². The summed E-state index contributed by atoms with van der Waals surface area (Å²) in [6.07, 6.45) is 0.922. The number of nitrogens with zero attached hydrogens (tertiary/aromatic N) is 1. The fraction of sp³-hybridized carbons (Fsp3) is 0.333. The predicted octanol–water partition coefficient (Wildman–Crippen LogP) is 3.20. The van der Waals surface area contributed by atoms with Crippen molar-refractivity contribution >= 4 is 34.0 Å². The van der Waals surface area contributed by atoms with Crippen molar-refractivity contribution in [3.8, 4) is 0 Å². The maximum atomic E-state index is 12.6. The minimum atomic E-state index is -0.330. The summed E-state index contributed by atoms with van der Waals surface area (Å²) in [5, 5.41) is 6.15. The number of likely N-dealkylation sites (tertiary alicyclic amines) is 1. The van der Waals surface area contributed by atoms with E-state index in [0.29, 0.717) is 28.7 Å². The van der Waals surface area contributed by atoms with E-state index in [0.717, 1.165) is 13.0 Å². The lowest BCUT2D eigenvalue weighted by Crippen LogP contribution is -2.34. The van der Waals surface area contributed by atoms with Crippen LogP contribution in [0.15, 0.2) is 42.5 Å². The van der Waals surface area contributed by atoms with Crippen molar-refractivity contribution in [3.05, 3.63) is 47.3 Å². The lowest BCUT2D eigenvalue weighted by molar-refractivity contribution is 0.0781. The van der Waals surface area contributed by atoms with Gasteiger partial charge in [0.05, 0.1) is 9.88 Å². The first-order valence-electron chi connectivity index (χ1n) is 8.21. The van der Waals surface area contributed by atoms with Gasteiger partial charge in [0, 0.05) is 18.8 Å². The number of nitrogens with one attached hydrogen (secondary N) is 2. The third-order valence-electron chi connectivity index (χ3n) is 4.42. The SMILES string of the molecule is CC1(CN)CCN(C(=O)c2ccc(NC(=O)Nc3ccccc3)s2)C1. The van der Waals surface area contributed by atoms with Gasteiger partial charge in [-0.15, -0.1) is 11.3 Å². The standard InChI is InChI=1S/C18H22N4O2S/c1-18(11-19)9-10-22(12-18)16(23)14-7-8-15(25-14)21-17(24)20-13-5-3-2-4-6-13/h2-8H,9-12,19H2,1H3,(H2,20,21,24). The number of rotatable bonds is 4. The van der Waals surface area contributed by atoms with Crippen molar-refractivity contribution in [1.29, 1.82) is 0 Å². The summed E-state index contributed by atoms with van der Waals surface area (Å²) in [6, 6.07) is 12.4. The van der Waals surface area contributed by atoms with Crippen LogP contribution in [0.25, 0.3) is 0 Å². The molecule has 7 heteroatoms. The highest BCUT2D eigenvalue weighted by atomic mass is 32.1. The molecule has 3 rings (SSSR count). The lowest BCUT2D eigenvalue weighted by atomic mass is 9.90. The summed E-state index contributed by atoms with van der Waals surface area (Å²) < 4.78 is 0. The van der Waals surface area contributed by atoms with Gasteiger partial charge in [-0.25, -0.2) is 4.79 Å². The van der Waals surface area contributed by atoms with Gasteiger partial charge in [-0.1, -0.05) is 25.1 Å². The van der Waals surface area contributed by atoms with E-state index in [9.17, 15) is 9.59 Å². The number of nitrogens with two attached hydrogens (primary N) is 1. The third-order valence-corrected chi connectivity index (χ3v) is 5.41. The number of urea groups is 1. The topological polar surface area (TPSA) is 87.5 Å². The van der Waals surface area contributed by atoms with E-state index in [1.807, 2.05) is 35.2 Å². The Kier molecular flexibility index (Phi) is 5.06. The number of para-hydroxylation sites is 1. The lowest BCUT2D eigenvalue weighted by Gasteiger charge is -2.22. The van der Waals surface area contributed by atoms with Crippen LogP contribution < -0.4 is 16.4 Å².